The van der Waals surface area contributed by atoms with Crippen molar-refractivity contribution in [2.45, 2.75) is 0 Å². The predicted octanol–water partition coefficient (Wildman–Crippen LogP) is 4.22. The molecular formula is C27H19N9O2. The molecule has 38 heavy (non-hydrogen) atoms. The lowest BCUT2D eigenvalue weighted by Crippen LogP contribution is -2.16. The average molecular weight is 502 g/mol. The third-order valence-corrected chi connectivity index (χ3v) is 6.33. The number of aromatic nitrogens is 6. The minimum Gasteiger partial charge on any atom is -0.349 e. The number of carbonyl (C=O) groups is 2. The number of nitrogens with zero attached hydrogens (tertiary/aromatic N) is 5. The Labute approximate surface area is 215 Å². The van der Waals surface area contributed by atoms with Crippen LogP contribution >= 0.6 is 0 Å². The molecule has 0 atom stereocenters. The van der Waals surface area contributed by atoms with Crippen LogP contribution in [0, 0.1) is 11.3 Å². The van der Waals surface area contributed by atoms with E-state index in [0.29, 0.717) is 39.5 Å². The van der Waals surface area contributed by atoms with Gasteiger partial charge in [0.15, 0.2) is 5.82 Å². The van der Waals surface area contributed by atoms with Crippen molar-refractivity contribution < 1.29 is 9.59 Å². The Hall–Kier alpha value is -5.76. The van der Waals surface area contributed by atoms with Gasteiger partial charge < -0.3 is 20.2 Å². The summed E-state index contributed by atoms with van der Waals surface area (Å²) in [4.78, 5) is 29.5. The Morgan fingerprint density at radius 3 is 2.53 bits per heavy atom. The highest BCUT2D eigenvalue weighted by atomic mass is 16.2. The number of carbonyl (C=O) groups excluding carboxylic acids is 2. The monoisotopic (exact) mass is 501 g/mol. The Bertz CT molecular complexity index is 1890. The number of rotatable bonds is 5. The van der Waals surface area contributed by atoms with Crippen molar-refractivity contribution in [2.24, 2.45) is 7.05 Å². The smallest absolute Gasteiger partial charge is 0.272 e. The Kier molecular flexibility index (Phi) is 5.39. The molecule has 0 saturated heterocycles. The molecule has 11 heteroatoms. The third kappa shape index (κ3) is 3.92. The molecule has 0 radical (unpaired) electrons. The van der Waals surface area contributed by atoms with Gasteiger partial charge in [0.2, 0.25) is 0 Å². The normalized spacial score (nSPS) is 10.9. The molecule has 0 aliphatic carbocycles. The summed E-state index contributed by atoms with van der Waals surface area (Å²) in [6, 6.07) is 23.6. The predicted molar refractivity (Wildman–Crippen MR) is 141 cm³/mol. The molecule has 0 unspecified atom stereocenters. The summed E-state index contributed by atoms with van der Waals surface area (Å²) in [5.74, 6) is -0.363. The van der Waals surface area contributed by atoms with E-state index in [-0.39, 0.29) is 11.6 Å². The first-order valence-corrected chi connectivity index (χ1v) is 11.6. The van der Waals surface area contributed by atoms with E-state index in [4.69, 9.17) is 0 Å². The minimum absolute atomic E-state index is 0.264. The zero-order valence-electron chi connectivity index (χ0n) is 20.0. The molecule has 0 spiro atoms. The summed E-state index contributed by atoms with van der Waals surface area (Å²) < 4.78 is 1.84. The molecule has 0 aliphatic heterocycles. The van der Waals surface area contributed by atoms with Gasteiger partial charge in [0.05, 0.1) is 28.5 Å². The molecule has 4 N–H and O–H groups in total. The van der Waals surface area contributed by atoms with Gasteiger partial charge in [-0.05, 0) is 52.9 Å². The fourth-order valence-corrected chi connectivity index (χ4v) is 4.46. The van der Waals surface area contributed by atoms with Gasteiger partial charge in [0.1, 0.15) is 11.4 Å². The lowest BCUT2D eigenvalue weighted by molar-refractivity contribution is 0.101. The Morgan fingerprint density at radius 2 is 1.74 bits per heavy atom. The molecule has 11 nitrogen and oxygen atoms in total. The van der Waals surface area contributed by atoms with Crippen LogP contribution in [0.4, 0.5) is 11.4 Å². The number of benzene rings is 3. The molecule has 3 heterocycles. The van der Waals surface area contributed by atoms with Crippen LogP contribution in [0.5, 0.6) is 0 Å². The fourth-order valence-electron chi connectivity index (χ4n) is 4.46. The quantitative estimate of drug-likeness (QED) is 0.277. The molecule has 0 saturated carbocycles. The maximum absolute atomic E-state index is 13.2. The second-order valence-corrected chi connectivity index (χ2v) is 8.63. The van der Waals surface area contributed by atoms with Crippen LogP contribution in [0.3, 0.4) is 0 Å². The highest BCUT2D eigenvalue weighted by Crippen LogP contribution is 2.28. The third-order valence-electron chi connectivity index (χ3n) is 6.33. The van der Waals surface area contributed by atoms with Crippen molar-refractivity contribution in [3.8, 4) is 17.5 Å². The van der Waals surface area contributed by atoms with Crippen LogP contribution < -0.4 is 10.6 Å². The summed E-state index contributed by atoms with van der Waals surface area (Å²) in [6.45, 7) is 0. The van der Waals surface area contributed by atoms with Crippen molar-refractivity contribution in [1.29, 1.82) is 5.26 Å². The molecule has 0 fully saturated rings. The van der Waals surface area contributed by atoms with Gasteiger partial charge >= 0.3 is 0 Å². The number of fused-ring (bicyclic) bond motifs is 2. The molecule has 3 aromatic carbocycles. The first-order valence-electron chi connectivity index (χ1n) is 11.6. The molecular weight excluding hydrogens is 482 g/mol. The van der Waals surface area contributed by atoms with E-state index in [1.807, 2.05) is 54.1 Å². The second kappa shape index (κ2) is 9.03. The zero-order valence-corrected chi connectivity index (χ0v) is 20.0. The van der Waals surface area contributed by atoms with E-state index >= 15 is 0 Å². The number of hydrogen-bond acceptors (Lipinski definition) is 6. The van der Waals surface area contributed by atoms with Crippen LogP contribution in [0.1, 0.15) is 26.5 Å². The number of aromatic amines is 2. The van der Waals surface area contributed by atoms with Crippen LogP contribution in [0.2, 0.25) is 0 Å². The van der Waals surface area contributed by atoms with Crippen molar-refractivity contribution in [1.82, 2.24) is 30.2 Å². The van der Waals surface area contributed by atoms with Crippen molar-refractivity contribution in [2.75, 3.05) is 10.6 Å². The van der Waals surface area contributed by atoms with Crippen LogP contribution in [0.15, 0.2) is 72.8 Å². The first kappa shape index (κ1) is 22.7. The van der Waals surface area contributed by atoms with Gasteiger partial charge in [-0.2, -0.15) is 5.26 Å². The number of nitriles is 1. The molecule has 6 rings (SSSR count). The lowest BCUT2D eigenvalue weighted by Gasteiger charge is -2.09. The SMILES string of the molecule is Cn1c(C(=O)Nc2cccc3cc(C(=O)Nc4ccc(C#N)cc4-c4nnn[nH]4)[nH]c23)cc2ccccc21. The number of amides is 2. The van der Waals surface area contributed by atoms with E-state index in [0.717, 1.165) is 16.3 Å². The largest absolute Gasteiger partial charge is 0.349 e. The molecule has 6 aromatic rings. The van der Waals surface area contributed by atoms with E-state index in [9.17, 15) is 14.9 Å². The lowest BCUT2D eigenvalue weighted by atomic mass is 10.1. The van der Waals surface area contributed by atoms with E-state index in [1.165, 1.54) is 0 Å². The molecule has 2 amide bonds. The topological polar surface area (TPSA) is 157 Å². The van der Waals surface area contributed by atoms with E-state index in [2.05, 4.69) is 42.3 Å². The maximum atomic E-state index is 13.2. The number of hydrogen-bond donors (Lipinski definition) is 4. The van der Waals surface area contributed by atoms with Gasteiger partial charge in [-0.25, -0.2) is 5.10 Å². The fraction of sp³-hybridized carbons (Fsp3) is 0.0370. The molecule has 0 aliphatic rings. The summed E-state index contributed by atoms with van der Waals surface area (Å²) in [7, 11) is 1.85. The number of nitrogens with one attached hydrogen (secondary N) is 4. The standard InChI is InChI=1S/C27H19N9O2/c1-36-22-8-3-2-5-16(22)13-23(36)27(38)31-20-7-4-6-17-12-21(29-24(17)20)26(37)30-19-10-9-15(14-28)11-18(19)25-32-34-35-33-25/h2-13,29H,1H3,(H,30,37)(H,31,38)(H,32,33,34,35). The zero-order chi connectivity index (χ0) is 26.2. The minimum atomic E-state index is -0.411. The molecule has 184 valence electrons. The second-order valence-electron chi connectivity index (χ2n) is 8.63. The van der Waals surface area contributed by atoms with E-state index in [1.54, 1.807) is 30.3 Å². The van der Waals surface area contributed by atoms with Crippen LogP contribution in [-0.4, -0.2) is 42.0 Å². The van der Waals surface area contributed by atoms with Crippen molar-refractivity contribution >= 4 is 45.0 Å². The molecule has 0 bridgehead atoms. The number of aryl methyl sites for hydroxylation is 1. The van der Waals surface area contributed by atoms with Crippen LogP contribution in [0.25, 0.3) is 33.2 Å². The summed E-state index contributed by atoms with van der Waals surface area (Å²) >= 11 is 0. The highest BCUT2D eigenvalue weighted by molar-refractivity contribution is 6.12. The maximum Gasteiger partial charge on any atom is 0.272 e. The summed E-state index contributed by atoms with van der Waals surface area (Å²) in [5.41, 5.74) is 4.22. The van der Waals surface area contributed by atoms with Crippen molar-refractivity contribution in [3.05, 3.63) is 89.7 Å². The summed E-state index contributed by atoms with van der Waals surface area (Å²) in [6.07, 6.45) is 0. The number of anilines is 2. The Morgan fingerprint density at radius 1 is 0.921 bits per heavy atom. The van der Waals surface area contributed by atoms with Gasteiger partial charge in [-0.3, -0.25) is 9.59 Å². The average Bonchev–Trinajstić information content (AvgIpc) is 3.69. The van der Waals surface area contributed by atoms with Gasteiger partial charge in [0, 0.05) is 28.9 Å². The van der Waals surface area contributed by atoms with Crippen molar-refractivity contribution in [3.63, 3.8) is 0 Å². The number of para-hydroxylation sites is 2. The Balaban J connectivity index is 1.29. The number of H-pyrrole nitrogens is 2. The van der Waals surface area contributed by atoms with Gasteiger partial charge in [-0.1, -0.05) is 30.3 Å². The number of tetrazole rings is 1. The van der Waals surface area contributed by atoms with Gasteiger partial charge in [-0.15, -0.1) is 5.10 Å². The van der Waals surface area contributed by atoms with Crippen LogP contribution in [-0.2, 0) is 7.05 Å². The van der Waals surface area contributed by atoms with Gasteiger partial charge in [0.25, 0.3) is 11.8 Å². The summed E-state index contributed by atoms with van der Waals surface area (Å²) in [5, 5.41) is 30.5. The first-order chi connectivity index (χ1) is 18.5. The van der Waals surface area contributed by atoms with E-state index < -0.39 is 5.91 Å². The molecule has 3 aromatic heterocycles. The highest BCUT2D eigenvalue weighted by Gasteiger charge is 2.18.